The molecule has 1 aliphatic rings. The van der Waals surface area contributed by atoms with Gasteiger partial charge in [0.25, 0.3) is 0 Å². The molecule has 2 aromatic rings. The van der Waals surface area contributed by atoms with Crippen molar-refractivity contribution in [2.24, 2.45) is 7.05 Å². The van der Waals surface area contributed by atoms with Crippen molar-refractivity contribution >= 4 is 23.4 Å². The summed E-state index contributed by atoms with van der Waals surface area (Å²) in [7, 11) is 4.17. The Morgan fingerprint density at radius 1 is 1.35 bits per heavy atom. The van der Waals surface area contributed by atoms with Gasteiger partial charge in [-0.2, -0.15) is 0 Å². The van der Waals surface area contributed by atoms with Crippen LogP contribution < -0.4 is 5.32 Å². The lowest BCUT2D eigenvalue weighted by Crippen LogP contribution is -2.44. The van der Waals surface area contributed by atoms with Gasteiger partial charge >= 0.3 is 0 Å². The summed E-state index contributed by atoms with van der Waals surface area (Å²) < 4.78 is 2.22. The number of likely N-dealkylation sites (tertiary alicyclic amines) is 1. The first-order valence-corrected chi connectivity index (χ1v) is 7.08. The van der Waals surface area contributed by atoms with Crippen LogP contribution in [0.15, 0.2) is 24.3 Å². The second-order valence-electron chi connectivity index (χ2n) is 5.44. The lowest BCUT2D eigenvalue weighted by molar-refractivity contribution is 0.183. The van der Waals surface area contributed by atoms with Gasteiger partial charge in [-0.1, -0.05) is 12.1 Å². The van der Waals surface area contributed by atoms with Crippen LogP contribution in [0.5, 0.6) is 0 Å². The first-order chi connectivity index (χ1) is 9.28. The summed E-state index contributed by atoms with van der Waals surface area (Å²) in [4.78, 5) is 7.26. The van der Waals surface area contributed by atoms with E-state index in [1.165, 1.54) is 24.9 Å². The van der Waals surface area contributed by atoms with Crippen molar-refractivity contribution in [3.8, 4) is 0 Å². The number of aromatic nitrogens is 2. The molecule has 1 N–H and O–H groups in total. The molecule has 0 radical (unpaired) electrons. The maximum absolute atomic E-state index is 4.76. The Labute approximate surface area is 126 Å². The van der Waals surface area contributed by atoms with Gasteiger partial charge in [0.05, 0.1) is 17.6 Å². The zero-order valence-electron chi connectivity index (χ0n) is 12.2. The van der Waals surface area contributed by atoms with E-state index < -0.39 is 0 Å². The number of piperidine rings is 1. The molecule has 1 saturated heterocycles. The van der Waals surface area contributed by atoms with E-state index in [9.17, 15) is 0 Å². The molecule has 0 amide bonds. The zero-order chi connectivity index (χ0) is 13.2. The van der Waals surface area contributed by atoms with Gasteiger partial charge in [0.15, 0.2) is 0 Å². The Morgan fingerprint density at radius 2 is 2.15 bits per heavy atom. The number of benzene rings is 1. The number of likely N-dealkylation sites (N-methyl/N-ethyl adjacent to an activating group) is 1. The number of nitrogens with one attached hydrogen (secondary N) is 1. The van der Waals surface area contributed by atoms with Crippen LogP contribution in [0.3, 0.4) is 0 Å². The van der Waals surface area contributed by atoms with Crippen molar-refractivity contribution in [1.29, 1.82) is 0 Å². The molecule has 1 unspecified atom stereocenters. The van der Waals surface area contributed by atoms with Crippen LogP contribution in [0.1, 0.15) is 18.7 Å². The Balaban J connectivity index is 0.00000147. The first-order valence-electron chi connectivity index (χ1n) is 7.08. The summed E-state index contributed by atoms with van der Waals surface area (Å²) in [5, 5.41) is 3.39. The van der Waals surface area contributed by atoms with Crippen LogP contribution in [0.4, 0.5) is 0 Å². The van der Waals surface area contributed by atoms with Crippen LogP contribution in [-0.2, 0) is 13.6 Å². The molecule has 110 valence electrons. The van der Waals surface area contributed by atoms with Crippen molar-refractivity contribution in [2.45, 2.75) is 25.4 Å². The van der Waals surface area contributed by atoms with Crippen molar-refractivity contribution in [1.82, 2.24) is 19.8 Å². The minimum atomic E-state index is 0. The normalized spacial score (nSPS) is 20.0. The quantitative estimate of drug-likeness (QED) is 0.942. The van der Waals surface area contributed by atoms with Gasteiger partial charge < -0.3 is 9.88 Å². The largest absolute Gasteiger partial charge is 0.330 e. The Morgan fingerprint density at radius 3 is 2.90 bits per heavy atom. The molecule has 0 spiro atoms. The molecule has 1 aliphatic heterocycles. The predicted octanol–water partition coefficient (Wildman–Crippen LogP) is 2.18. The smallest absolute Gasteiger partial charge is 0.123 e. The number of imidazole rings is 1. The van der Waals surface area contributed by atoms with E-state index in [0.717, 1.165) is 24.4 Å². The van der Waals surface area contributed by atoms with Crippen LogP contribution in [-0.4, -0.2) is 40.6 Å². The van der Waals surface area contributed by atoms with E-state index in [0.29, 0.717) is 6.04 Å². The van der Waals surface area contributed by atoms with Gasteiger partial charge in [0.2, 0.25) is 0 Å². The number of hydrogen-bond donors (Lipinski definition) is 1. The fourth-order valence-electron chi connectivity index (χ4n) is 2.97. The third-order valence-corrected chi connectivity index (χ3v) is 4.16. The van der Waals surface area contributed by atoms with Gasteiger partial charge in [-0.3, -0.25) is 4.90 Å². The molecule has 5 heteroatoms. The Hall–Kier alpha value is -1.10. The molecule has 20 heavy (non-hydrogen) atoms. The highest BCUT2D eigenvalue weighted by Crippen LogP contribution is 2.17. The third-order valence-electron chi connectivity index (χ3n) is 4.16. The van der Waals surface area contributed by atoms with E-state index in [4.69, 9.17) is 4.98 Å². The summed E-state index contributed by atoms with van der Waals surface area (Å²) in [6, 6.07) is 8.98. The fraction of sp³-hybridized carbons (Fsp3) is 0.533. The Kier molecular flexibility index (Phi) is 5.02. The minimum absolute atomic E-state index is 0. The maximum atomic E-state index is 4.76. The number of para-hydroxylation sites is 2. The molecular formula is C15H23ClN4. The highest BCUT2D eigenvalue weighted by Gasteiger charge is 2.20. The second-order valence-corrected chi connectivity index (χ2v) is 5.44. The minimum Gasteiger partial charge on any atom is -0.330 e. The highest BCUT2D eigenvalue weighted by atomic mass is 35.5. The fourth-order valence-corrected chi connectivity index (χ4v) is 2.97. The molecule has 1 fully saturated rings. The van der Waals surface area contributed by atoms with Crippen molar-refractivity contribution in [2.75, 3.05) is 20.1 Å². The van der Waals surface area contributed by atoms with Gasteiger partial charge in [0, 0.05) is 19.6 Å². The molecule has 0 aliphatic carbocycles. The average Bonchev–Trinajstić information content (AvgIpc) is 2.76. The average molecular weight is 295 g/mol. The van der Waals surface area contributed by atoms with E-state index in [-0.39, 0.29) is 12.4 Å². The highest BCUT2D eigenvalue weighted by molar-refractivity contribution is 5.85. The van der Waals surface area contributed by atoms with Gasteiger partial charge in [-0.25, -0.2) is 4.98 Å². The lowest BCUT2D eigenvalue weighted by Gasteiger charge is -2.32. The number of hydrogen-bond acceptors (Lipinski definition) is 3. The first kappa shape index (κ1) is 15.3. The molecular weight excluding hydrogens is 272 g/mol. The number of rotatable bonds is 3. The summed E-state index contributed by atoms with van der Waals surface area (Å²) >= 11 is 0. The van der Waals surface area contributed by atoms with Crippen molar-refractivity contribution in [3.05, 3.63) is 30.1 Å². The SMILES string of the molecule is CNC1CCCN(Cc2nc3ccccc3n2C)C1.Cl. The standard InChI is InChI=1S/C15H22N4.ClH/c1-16-12-6-5-9-19(10-12)11-15-17-13-7-3-4-8-14(13)18(15)2;/h3-4,7-8,12,16H,5-6,9-11H2,1-2H3;1H. The van der Waals surface area contributed by atoms with E-state index in [2.05, 4.69) is 53.1 Å². The summed E-state index contributed by atoms with van der Waals surface area (Å²) in [6.07, 6.45) is 2.56. The van der Waals surface area contributed by atoms with E-state index >= 15 is 0 Å². The van der Waals surface area contributed by atoms with Gasteiger partial charge in [-0.15, -0.1) is 12.4 Å². The molecule has 0 bridgehead atoms. The van der Waals surface area contributed by atoms with E-state index in [1.54, 1.807) is 0 Å². The predicted molar refractivity (Wildman–Crippen MR) is 85.3 cm³/mol. The van der Waals surface area contributed by atoms with Crippen LogP contribution in [0.25, 0.3) is 11.0 Å². The summed E-state index contributed by atoms with van der Waals surface area (Å²) in [6.45, 7) is 3.25. The molecule has 1 atom stereocenters. The molecule has 1 aromatic heterocycles. The number of fused-ring (bicyclic) bond motifs is 1. The zero-order valence-corrected chi connectivity index (χ0v) is 13.0. The molecule has 3 rings (SSSR count). The number of aryl methyl sites for hydroxylation is 1. The number of nitrogens with zero attached hydrogens (tertiary/aromatic N) is 3. The van der Waals surface area contributed by atoms with Crippen molar-refractivity contribution in [3.63, 3.8) is 0 Å². The van der Waals surface area contributed by atoms with E-state index in [1.807, 2.05) is 0 Å². The maximum Gasteiger partial charge on any atom is 0.123 e. The second kappa shape index (κ2) is 6.57. The van der Waals surface area contributed by atoms with Crippen LogP contribution in [0.2, 0.25) is 0 Å². The molecule has 1 aromatic carbocycles. The number of halogens is 1. The van der Waals surface area contributed by atoms with Gasteiger partial charge in [-0.05, 0) is 38.6 Å². The summed E-state index contributed by atoms with van der Waals surface area (Å²) in [5.41, 5.74) is 2.32. The molecule has 4 nitrogen and oxygen atoms in total. The van der Waals surface area contributed by atoms with Crippen LogP contribution in [0, 0.1) is 0 Å². The van der Waals surface area contributed by atoms with Crippen LogP contribution >= 0.6 is 12.4 Å². The third kappa shape index (κ3) is 2.97. The Bertz CT molecular complexity index is 566. The topological polar surface area (TPSA) is 33.1 Å². The lowest BCUT2D eigenvalue weighted by atomic mass is 10.1. The van der Waals surface area contributed by atoms with Gasteiger partial charge in [0.1, 0.15) is 5.82 Å². The molecule has 2 heterocycles. The van der Waals surface area contributed by atoms with Crippen molar-refractivity contribution < 1.29 is 0 Å². The molecule has 0 saturated carbocycles. The monoisotopic (exact) mass is 294 g/mol. The summed E-state index contributed by atoms with van der Waals surface area (Å²) in [5.74, 6) is 1.16.